The van der Waals surface area contributed by atoms with Gasteiger partial charge >= 0.3 is 0 Å². The van der Waals surface area contributed by atoms with E-state index in [1.807, 2.05) is 24.3 Å². The van der Waals surface area contributed by atoms with Crippen LogP contribution in [0.5, 0.6) is 0 Å². The maximum absolute atomic E-state index is 11.3. The number of nitrogen functional groups attached to an aromatic ring is 1. The van der Waals surface area contributed by atoms with Crippen LogP contribution in [-0.4, -0.2) is 4.98 Å². The molecule has 0 saturated heterocycles. The molecule has 0 spiro atoms. The lowest BCUT2D eigenvalue weighted by molar-refractivity contribution is 0.563. The van der Waals surface area contributed by atoms with E-state index in [0.717, 1.165) is 24.0 Å². The van der Waals surface area contributed by atoms with Crippen molar-refractivity contribution in [1.29, 1.82) is 0 Å². The number of hydrogen-bond donors (Lipinski definition) is 1. The van der Waals surface area contributed by atoms with Crippen LogP contribution < -0.4 is 11.3 Å². The van der Waals surface area contributed by atoms with Crippen LogP contribution in [0.3, 0.4) is 0 Å². The number of rotatable bonds is 3. The first-order valence-corrected chi connectivity index (χ1v) is 5.56. The predicted molar refractivity (Wildman–Crippen MR) is 66.6 cm³/mol. The molecule has 4 nitrogen and oxygen atoms in total. The van der Waals surface area contributed by atoms with Crippen molar-refractivity contribution in [2.45, 2.75) is 19.8 Å². The fourth-order valence-corrected chi connectivity index (χ4v) is 1.80. The lowest BCUT2D eigenvalue weighted by atomic mass is 10.0. The van der Waals surface area contributed by atoms with Gasteiger partial charge in [0.2, 0.25) is 0 Å². The van der Waals surface area contributed by atoms with Crippen LogP contribution in [0.2, 0.25) is 0 Å². The molecule has 2 rings (SSSR count). The zero-order chi connectivity index (χ0) is 12.3. The summed E-state index contributed by atoms with van der Waals surface area (Å²) in [6.07, 6.45) is 1.96. The molecule has 1 aromatic carbocycles. The number of nitrogens with two attached hydrogens (primary N) is 1. The van der Waals surface area contributed by atoms with Crippen LogP contribution in [0.1, 0.15) is 18.9 Å². The van der Waals surface area contributed by atoms with Crippen LogP contribution in [-0.2, 0) is 6.42 Å². The molecule has 0 fully saturated rings. The van der Waals surface area contributed by atoms with E-state index in [4.69, 9.17) is 10.2 Å². The van der Waals surface area contributed by atoms with Gasteiger partial charge in [0.15, 0.2) is 0 Å². The van der Waals surface area contributed by atoms with E-state index in [2.05, 4.69) is 11.9 Å². The lowest BCUT2D eigenvalue weighted by Gasteiger charge is -2.07. The summed E-state index contributed by atoms with van der Waals surface area (Å²) in [4.78, 5) is 14.8. The van der Waals surface area contributed by atoms with E-state index >= 15 is 0 Å². The Morgan fingerprint density at radius 1 is 1.35 bits per heavy atom. The maximum Gasteiger partial charge on any atom is 0.295 e. The number of nitrogens with zero attached hydrogens (tertiary/aromatic N) is 1. The molecule has 0 aliphatic heterocycles. The Hall–Kier alpha value is -2.10. The average molecular weight is 230 g/mol. The standard InChI is InChI=1S/C13H14N2O2/c1-2-5-9-6-3-4-7-10(9)11-8-12(16)15-13(14)17-11/h3-4,6-8H,2,5H2,1H3,(H2,14,15,16). The topological polar surface area (TPSA) is 69.1 Å². The van der Waals surface area contributed by atoms with Crippen LogP contribution in [0.15, 0.2) is 39.5 Å². The molecule has 0 aliphatic rings. The van der Waals surface area contributed by atoms with Crippen molar-refractivity contribution in [1.82, 2.24) is 4.98 Å². The fourth-order valence-electron chi connectivity index (χ4n) is 1.80. The van der Waals surface area contributed by atoms with Gasteiger partial charge in [-0.3, -0.25) is 4.79 Å². The summed E-state index contributed by atoms with van der Waals surface area (Å²) in [5.41, 5.74) is 7.11. The Morgan fingerprint density at radius 3 is 2.82 bits per heavy atom. The minimum atomic E-state index is -0.380. The van der Waals surface area contributed by atoms with Gasteiger partial charge in [-0.1, -0.05) is 37.6 Å². The van der Waals surface area contributed by atoms with Crippen molar-refractivity contribution in [3.8, 4) is 11.3 Å². The van der Waals surface area contributed by atoms with Crippen molar-refractivity contribution in [3.05, 3.63) is 46.2 Å². The highest BCUT2D eigenvalue weighted by Gasteiger charge is 2.08. The molecule has 88 valence electrons. The number of aromatic nitrogens is 1. The molecule has 17 heavy (non-hydrogen) atoms. The molecule has 0 unspecified atom stereocenters. The quantitative estimate of drug-likeness (QED) is 0.877. The smallest absolute Gasteiger partial charge is 0.295 e. The van der Waals surface area contributed by atoms with Crippen molar-refractivity contribution < 1.29 is 4.42 Å². The highest BCUT2D eigenvalue weighted by Crippen LogP contribution is 2.24. The number of aryl methyl sites for hydroxylation is 1. The van der Waals surface area contributed by atoms with Crippen LogP contribution in [0, 0.1) is 0 Å². The minimum absolute atomic E-state index is 0.0983. The predicted octanol–water partition coefficient (Wildman–Crippen LogP) is 2.24. The highest BCUT2D eigenvalue weighted by atomic mass is 16.4. The monoisotopic (exact) mass is 230 g/mol. The minimum Gasteiger partial charge on any atom is -0.425 e. The first-order chi connectivity index (χ1) is 8.20. The largest absolute Gasteiger partial charge is 0.425 e. The Morgan fingerprint density at radius 2 is 2.12 bits per heavy atom. The van der Waals surface area contributed by atoms with Crippen molar-refractivity contribution in [2.24, 2.45) is 0 Å². The molecule has 1 heterocycles. The lowest BCUT2D eigenvalue weighted by Crippen LogP contribution is -2.07. The average Bonchev–Trinajstić information content (AvgIpc) is 2.29. The zero-order valence-corrected chi connectivity index (χ0v) is 9.64. The number of anilines is 1. The number of benzene rings is 1. The molecule has 0 saturated carbocycles. The molecular weight excluding hydrogens is 216 g/mol. The van der Waals surface area contributed by atoms with Crippen LogP contribution >= 0.6 is 0 Å². The third kappa shape index (κ3) is 2.53. The second-order valence-corrected chi connectivity index (χ2v) is 3.81. The summed E-state index contributed by atoms with van der Waals surface area (Å²) >= 11 is 0. The maximum atomic E-state index is 11.3. The molecule has 2 N–H and O–H groups in total. The third-order valence-corrected chi connectivity index (χ3v) is 2.49. The summed E-state index contributed by atoms with van der Waals surface area (Å²) in [5, 5.41) is 0. The molecule has 0 atom stereocenters. The number of hydrogen-bond acceptors (Lipinski definition) is 4. The second kappa shape index (κ2) is 4.82. The molecule has 0 bridgehead atoms. The Balaban J connectivity index is 2.55. The van der Waals surface area contributed by atoms with E-state index in [9.17, 15) is 4.79 Å². The normalized spacial score (nSPS) is 10.4. The Bertz CT molecular complexity index is 576. The zero-order valence-electron chi connectivity index (χ0n) is 9.64. The van der Waals surface area contributed by atoms with Gasteiger partial charge in [-0.05, 0) is 12.0 Å². The molecule has 2 aromatic rings. The summed E-state index contributed by atoms with van der Waals surface area (Å²) in [7, 11) is 0. The van der Waals surface area contributed by atoms with Crippen LogP contribution in [0.4, 0.5) is 6.01 Å². The van der Waals surface area contributed by atoms with Gasteiger partial charge < -0.3 is 10.2 Å². The molecule has 0 aliphatic carbocycles. The van der Waals surface area contributed by atoms with E-state index in [1.54, 1.807) is 0 Å². The molecule has 4 heteroatoms. The van der Waals surface area contributed by atoms with Gasteiger partial charge in [0.25, 0.3) is 11.6 Å². The van der Waals surface area contributed by atoms with E-state index in [1.165, 1.54) is 6.07 Å². The molecular formula is C13H14N2O2. The summed E-state index contributed by atoms with van der Waals surface area (Å²) in [5.74, 6) is 0.478. The van der Waals surface area contributed by atoms with E-state index < -0.39 is 0 Å². The van der Waals surface area contributed by atoms with Gasteiger partial charge in [0.05, 0.1) is 0 Å². The first kappa shape index (κ1) is 11.4. The fraction of sp³-hybridized carbons (Fsp3) is 0.231. The van der Waals surface area contributed by atoms with Gasteiger partial charge in [-0.2, -0.15) is 4.98 Å². The van der Waals surface area contributed by atoms with Gasteiger partial charge in [0, 0.05) is 11.6 Å². The van der Waals surface area contributed by atoms with Crippen LogP contribution in [0.25, 0.3) is 11.3 Å². The van der Waals surface area contributed by atoms with Crippen molar-refractivity contribution in [3.63, 3.8) is 0 Å². The third-order valence-electron chi connectivity index (χ3n) is 2.49. The Labute approximate surface area is 99.1 Å². The molecule has 0 radical (unpaired) electrons. The summed E-state index contributed by atoms with van der Waals surface area (Å²) < 4.78 is 5.30. The van der Waals surface area contributed by atoms with Gasteiger partial charge in [-0.15, -0.1) is 0 Å². The second-order valence-electron chi connectivity index (χ2n) is 3.81. The first-order valence-electron chi connectivity index (χ1n) is 5.56. The molecule has 0 amide bonds. The van der Waals surface area contributed by atoms with Gasteiger partial charge in [-0.25, -0.2) is 0 Å². The Kier molecular flexibility index (Phi) is 3.23. The van der Waals surface area contributed by atoms with E-state index in [-0.39, 0.29) is 11.6 Å². The van der Waals surface area contributed by atoms with Gasteiger partial charge in [0.1, 0.15) is 5.76 Å². The summed E-state index contributed by atoms with van der Waals surface area (Å²) in [6.45, 7) is 2.11. The van der Waals surface area contributed by atoms with Crippen molar-refractivity contribution in [2.75, 3.05) is 5.73 Å². The molecule has 1 aromatic heterocycles. The van der Waals surface area contributed by atoms with Crippen molar-refractivity contribution >= 4 is 6.01 Å². The van der Waals surface area contributed by atoms with E-state index in [0.29, 0.717) is 5.76 Å². The SMILES string of the molecule is CCCc1ccccc1-c1cc(=O)nc(N)o1. The highest BCUT2D eigenvalue weighted by molar-refractivity contribution is 5.62. The summed E-state index contributed by atoms with van der Waals surface area (Å²) in [6, 6.07) is 9.09.